The summed E-state index contributed by atoms with van der Waals surface area (Å²) in [4.78, 5) is 25.4. The molecule has 0 saturated carbocycles. The van der Waals surface area contributed by atoms with E-state index >= 15 is 0 Å². The number of nitrogens with zero attached hydrogens (tertiary/aromatic N) is 1. The van der Waals surface area contributed by atoms with Crippen molar-refractivity contribution in [1.82, 2.24) is 10.2 Å². The Bertz CT molecular complexity index is 511. The van der Waals surface area contributed by atoms with Crippen molar-refractivity contribution in [3.8, 4) is 0 Å². The molecule has 106 valence electrons. The maximum absolute atomic E-state index is 12.1. The molecule has 0 saturated heterocycles. The SMILES string of the molecule is CCNC(=O)N1CC=C(C(=O)Nc2ccccc2)CC1. The van der Waals surface area contributed by atoms with Crippen LogP contribution in [0.5, 0.6) is 0 Å². The molecule has 1 aromatic rings. The van der Waals surface area contributed by atoms with Crippen molar-refractivity contribution in [1.29, 1.82) is 0 Å². The van der Waals surface area contributed by atoms with E-state index in [1.807, 2.05) is 43.3 Å². The van der Waals surface area contributed by atoms with E-state index in [0.717, 1.165) is 11.3 Å². The molecule has 5 heteroatoms. The van der Waals surface area contributed by atoms with Crippen molar-refractivity contribution in [2.24, 2.45) is 0 Å². The maximum Gasteiger partial charge on any atom is 0.317 e. The lowest BCUT2D eigenvalue weighted by atomic mass is 10.1. The quantitative estimate of drug-likeness (QED) is 0.884. The topological polar surface area (TPSA) is 61.4 Å². The normalized spacial score (nSPS) is 14.4. The molecule has 2 N–H and O–H groups in total. The van der Waals surface area contributed by atoms with Crippen LogP contribution in [0.3, 0.4) is 0 Å². The Morgan fingerprint density at radius 3 is 2.60 bits per heavy atom. The second-order valence-corrected chi connectivity index (χ2v) is 4.58. The fourth-order valence-electron chi connectivity index (χ4n) is 2.06. The van der Waals surface area contributed by atoms with Gasteiger partial charge in [0.1, 0.15) is 0 Å². The standard InChI is InChI=1S/C15H19N3O2/c1-2-16-15(20)18-10-8-12(9-11-18)14(19)17-13-6-4-3-5-7-13/h3-8H,2,9-11H2,1H3,(H,16,20)(H,17,19). The van der Waals surface area contributed by atoms with Crippen LogP contribution in [-0.2, 0) is 4.79 Å². The van der Waals surface area contributed by atoms with Crippen LogP contribution in [0, 0.1) is 0 Å². The van der Waals surface area contributed by atoms with E-state index in [4.69, 9.17) is 0 Å². The van der Waals surface area contributed by atoms with Gasteiger partial charge in [-0.05, 0) is 25.5 Å². The number of rotatable bonds is 3. The van der Waals surface area contributed by atoms with Crippen molar-refractivity contribution in [3.05, 3.63) is 42.0 Å². The zero-order valence-electron chi connectivity index (χ0n) is 11.6. The van der Waals surface area contributed by atoms with Gasteiger partial charge in [0.15, 0.2) is 0 Å². The Labute approximate surface area is 118 Å². The molecule has 1 aliphatic rings. The second kappa shape index (κ2) is 6.75. The van der Waals surface area contributed by atoms with Crippen molar-refractivity contribution >= 4 is 17.6 Å². The van der Waals surface area contributed by atoms with Crippen LogP contribution >= 0.6 is 0 Å². The molecule has 0 bridgehead atoms. The molecule has 0 fully saturated rings. The number of hydrogen-bond donors (Lipinski definition) is 2. The fourth-order valence-corrected chi connectivity index (χ4v) is 2.06. The van der Waals surface area contributed by atoms with Gasteiger partial charge in [-0.15, -0.1) is 0 Å². The van der Waals surface area contributed by atoms with E-state index in [1.165, 1.54) is 0 Å². The number of hydrogen-bond acceptors (Lipinski definition) is 2. The monoisotopic (exact) mass is 273 g/mol. The highest BCUT2D eigenvalue weighted by molar-refractivity contribution is 6.03. The van der Waals surface area contributed by atoms with E-state index in [0.29, 0.717) is 26.1 Å². The molecular weight excluding hydrogens is 254 g/mol. The van der Waals surface area contributed by atoms with Crippen LogP contribution in [0.4, 0.5) is 10.5 Å². The zero-order valence-corrected chi connectivity index (χ0v) is 11.6. The van der Waals surface area contributed by atoms with Crippen molar-refractivity contribution in [2.75, 3.05) is 25.0 Å². The molecule has 1 heterocycles. The third-order valence-electron chi connectivity index (χ3n) is 3.15. The summed E-state index contributed by atoms with van der Waals surface area (Å²) < 4.78 is 0. The van der Waals surface area contributed by atoms with Crippen molar-refractivity contribution in [3.63, 3.8) is 0 Å². The molecule has 20 heavy (non-hydrogen) atoms. The Morgan fingerprint density at radius 2 is 2.00 bits per heavy atom. The fraction of sp³-hybridized carbons (Fsp3) is 0.333. The summed E-state index contributed by atoms with van der Waals surface area (Å²) in [5.74, 6) is -0.0910. The molecule has 2 rings (SSSR count). The van der Waals surface area contributed by atoms with Crippen LogP contribution < -0.4 is 10.6 Å². The second-order valence-electron chi connectivity index (χ2n) is 4.58. The van der Waals surface area contributed by atoms with Gasteiger partial charge < -0.3 is 15.5 Å². The van der Waals surface area contributed by atoms with Crippen LogP contribution in [0.2, 0.25) is 0 Å². The lowest BCUT2D eigenvalue weighted by Gasteiger charge is -2.26. The van der Waals surface area contributed by atoms with Crippen molar-refractivity contribution < 1.29 is 9.59 Å². The molecule has 0 unspecified atom stereocenters. The number of nitrogens with one attached hydrogen (secondary N) is 2. The van der Waals surface area contributed by atoms with Gasteiger partial charge in [-0.25, -0.2) is 4.79 Å². The summed E-state index contributed by atoms with van der Waals surface area (Å²) in [6.45, 7) is 3.54. The first-order chi connectivity index (χ1) is 9.70. The van der Waals surface area contributed by atoms with Gasteiger partial charge in [0.25, 0.3) is 5.91 Å². The maximum atomic E-state index is 12.1. The molecule has 0 atom stereocenters. The highest BCUT2D eigenvalue weighted by atomic mass is 16.2. The number of carbonyl (C=O) groups is 2. The molecule has 1 aliphatic heterocycles. The van der Waals surface area contributed by atoms with Gasteiger partial charge in [0, 0.05) is 30.9 Å². The average Bonchev–Trinajstić information content (AvgIpc) is 2.48. The Morgan fingerprint density at radius 1 is 1.25 bits per heavy atom. The van der Waals surface area contributed by atoms with Gasteiger partial charge in [-0.3, -0.25) is 4.79 Å². The largest absolute Gasteiger partial charge is 0.338 e. The number of urea groups is 1. The first-order valence-corrected chi connectivity index (χ1v) is 6.79. The van der Waals surface area contributed by atoms with E-state index in [9.17, 15) is 9.59 Å². The summed E-state index contributed by atoms with van der Waals surface area (Å²) >= 11 is 0. The van der Waals surface area contributed by atoms with Gasteiger partial charge >= 0.3 is 6.03 Å². The molecular formula is C15H19N3O2. The lowest BCUT2D eigenvalue weighted by molar-refractivity contribution is -0.113. The summed E-state index contributed by atoms with van der Waals surface area (Å²) in [7, 11) is 0. The summed E-state index contributed by atoms with van der Waals surface area (Å²) in [5.41, 5.74) is 1.51. The first kappa shape index (κ1) is 14.1. The van der Waals surface area contributed by atoms with E-state index < -0.39 is 0 Å². The smallest absolute Gasteiger partial charge is 0.317 e. The lowest BCUT2D eigenvalue weighted by Crippen LogP contribution is -2.42. The molecule has 3 amide bonds. The van der Waals surface area contributed by atoms with Crippen LogP contribution in [0.1, 0.15) is 13.3 Å². The first-order valence-electron chi connectivity index (χ1n) is 6.79. The summed E-state index contributed by atoms with van der Waals surface area (Å²) in [6, 6.07) is 9.28. The van der Waals surface area contributed by atoms with Gasteiger partial charge in [-0.2, -0.15) is 0 Å². The van der Waals surface area contributed by atoms with Crippen LogP contribution in [0.25, 0.3) is 0 Å². The summed E-state index contributed by atoms with van der Waals surface area (Å²) in [5, 5.41) is 5.61. The Balaban J connectivity index is 1.91. The number of amides is 3. The number of benzene rings is 1. The average molecular weight is 273 g/mol. The van der Waals surface area contributed by atoms with Crippen LogP contribution in [-0.4, -0.2) is 36.5 Å². The molecule has 0 spiro atoms. The molecule has 5 nitrogen and oxygen atoms in total. The highest BCUT2D eigenvalue weighted by Crippen LogP contribution is 2.14. The molecule has 0 radical (unpaired) electrons. The number of para-hydroxylation sites is 1. The predicted octanol–water partition coefficient (Wildman–Crippen LogP) is 1.99. The molecule has 0 aliphatic carbocycles. The summed E-state index contributed by atoms with van der Waals surface area (Å²) in [6.07, 6.45) is 2.40. The van der Waals surface area contributed by atoms with Crippen LogP contribution in [0.15, 0.2) is 42.0 Å². The third kappa shape index (κ3) is 3.60. The highest BCUT2D eigenvalue weighted by Gasteiger charge is 2.19. The molecule has 1 aromatic carbocycles. The Kier molecular flexibility index (Phi) is 4.76. The van der Waals surface area contributed by atoms with E-state index in [1.54, 1.807) is 4.90 Å². The van der Waals surface area contributed by atoms with Crippen molar-refractivity contribution in [2.45, 2.75) is 13.3 Å². The minimum absolute atomic E-state index is 0.0775. The number of carbonyl (C=O) groups excluding carboxylic acids is 2. The van der Waals surface area contributed by atoms with E-state index in [2.05, 4.69) is 10.6 Å². The minimum Gasteiger partial charge on any atom is -0.338 e. The number of anilines is 1. The predicted molar refractivity (Wildman–Crippen MR) is 78.4 cm³/mol. The van der Waals surface area contributed by atoms with Gasteiger partial charge in [0.2, 0.25) is 0 Å². The van der Waals surface area contributed by atoms with Gasteiger partial charge in [0.05, 0.1) is 0 Å². The zero-order chi connectivity index (χ0) is 14.4. The third-order valence-corrected chi connectivity index (χ3v) is 3.15. The molecule has 0 aromatic heterocycles. The van der Waals surface area contributed by atoms with E-state index in [-0.39, 0.29) is 11.9 Å². The minimum atomic E-state index is -0.0910. The van der Waals surface area contributed by atoms with Gasteiger partial charge in [-0.1, -0.05) is 24.3 Å². The Hall–Kier alpha value is -2.30.